The fourth-order valence-electron chi connectivity index (χ4n) is 2.22. The van der Waals surface area contributed by atoms with Gasteiger partial charge in [0.1, 0.15) is 0 Å². The van der Waals surface area contributed by atoms with Crippen molar-refractivity contribution in [1.29, 1.82) is 0 Å². The molecule has 0 unspecified atom stereocenters. The number of benzene rings is 1. The predicted molar refractivity (Wildman–Crippen MR) is 82.1 cm³/mol. The second kappa shape index (κ2) is 5.88. The lowest BCUT2D eigenvalue weighted by Crippen LogP contribution is -2.18. The molecule has 0 saturated heterocycles. The molecule has 1 atom stereocenters. The molecule has 0 radical (unpaired) electrons. The van der Waals surface area contributed by atoms with Crippen LogP contribution in [0.4, 0.5) is 0 Å². The van der Waals surface area contributed by atoms with Gasteiger partial charge in [-0.05, 0) is 38.5 Å². The van der Waals surface area contributed by atoms with E-state index in [1.807, 2.05) is 17.8 Å². The van der Waals surface area contributed by atoms with Gasteiger partial charge in [-0.2, -0.15) is 5.10 Å². The third kappa shape index (κ3) is 3.25. The van der Waals surface area contributed by atoms with Crippen molar-refractivity contribution in [1.82, 2.24) is 15.1 Å². The zero-order valence-electron chi connectivity index (χ0n) is 11.9. The fraction of sp³-hybridized carbons (Fsp3) is 0.400. The average molecular weight is 322 g/mol. The van der Waals surface area contributed by atoms with Crippen molar-refractivity contribution < 1.29 is 0 Å². The third-order valence-electron chi connectivity index (χ3n) is 3.59. The molecule has 2 aromatic rings. The summed E-state index contributed by atoms with van der Waals surface area (Å²) in [6.45, 7) is 7.20. The van der Waals surface area contributed by atoms with E-state index in [0.717, 1.165) is 16.7 Å². The van der Waals surface area contributed by atoms with Crippen molar-refractivity contribution >= 4 is 15.9 Å². The Balaban J connectivity index is 2.06. The number of halogens is 1. The van der Waals surface area contributed by atoms with E-state index in [1.54, 1.807) is 0 Å². The molecule has 0 saturated carbocycles. The number of nitrogens with one attached hydrogen (secondary N) is 1. The molecule has 1 N–H and O–H groups in total. The van der Waals surface area contributed by atoms with Gasteiger partial charge in [-0.15, -0.1) is 0 Å². The standard InChI is InChI=1S/C15H20BrN3/c1-10(13-6-5-7-14(16)8-13)17-9-15-11(2)18-19(4)12(15)3/h5-8,10,17H,9H2,1-4H3/t10-/m1/s1. The Hall–Kier alpha value is -1.13. The molecule has 0 spiro atoms. The number of hydrogen-bond donors (Lipinski definition) is 1. The number of aryl methyl sites for hydroxylation is 2. The van der Waals surface area contributed by atoms with E-state index in [9.17, 15) is 0 Å². The fourth-order valence-corrected chi connectivity index (χ4v) is 2.64. The van der Waals surface area contributed by atoms with Crippen LogP contribution in [0.2, 0.25) is 0 Å². The van der Waals surface area contributed by atoms with E-state index >= 15 is 0 Å². The van der Waals surface area contributed by atoms with Gasteiger partial charge in [0.05, 0.1) is 5.69 Å². The van der Waals surface area contributed by atoms with E-state index in [2.05, 4.69) is 65.3 Å². The highest BCUT2D eigenvalue weighted by Crippen LogP contribution is 2.19. The van der Waals surface area contributed by atoms with Gasteiger partial charge in [-0.3, -0.25) is 4.68 Å². The van der Waals surface area contributed by atoms with Crippen molar-refractivity contribution in [2.45, 2.75) is 33.4 Å². The van der Waals surface area contributed by atoms with Gasteiger partial charge in [0, 0.05) is 35.4 Å². The first-order chi connectivity index (χ1) is 8.99. The molecule has 2 rings (SSSR count). The van der Waals surface area contributed by atoms with Crippen LogP contribution in [0, 0.1) is 13.8 Å². The Morgan fingerprint density at radius 2 is 2.11 bits per heavy atom. The molecule has 0 bridgehead atoms. The Kier molecular flexibility index (Phi) is 4.42. The van der Waals surface area contributed by atoms with E-state index < -0.39 is 0 Å². The maximum absolute atomic E-state index is 4.44. The van der Waals surface area contributed by atoms with Gasteiger partial charge in [0.25, 0.3) is 0 Å². The molecular formula is C15H20BrN3. The van der Waals surface area contributed by atoms with Crippen LogP contribution >= 0.6 is 15.9 Å². The minimum Gasteiger partial charge on any atom is -0.306 e. The third-order valence-corrected chi connectivity index (χ3v) is 4.09. The smallest absolute Gasteiger partial charge is 0.0641 e. The average Bonchev–Trinajstić information content (AvgIpc) is 2.61. The summed E-state index contributed by atoms with van der Waals surface area (Å²) < 4.78 is 3.06. The largest absolute Gasteiger partial charge is 0.306 e. The Labute approximate surface area is 123 Å². The van der Waals surface area contributed by atoms with Crippen LogP contribution in [0.3, 0.4) is 0 Å². The minimum absolute atomic E-state index is 0.316. The van der Waals surface area contributed by atoms with Crippen LogP contribution in [-0.4, -0.2) is 9.78 Å². The van der Waals surface area contributed by atoms with Crippen LogP contribution in [0.25, 0.3) is 0 Å². The number of nitrogens with zero attached hydrogens (tertiary/aromatic N) is 2. The summed E-state index contributed by atoms with van der Waals surface area (Å²) in [6, 6.07) is 8.73. The quantitative estimate of drug-likeness (QED) is 0.931. The van der Waals surface area contributed by atoms with Gasteiger partial charge < -0.3 is 5.32 Å². The minimum atomic E-state index is 0.316. The molecule has 3 nitrogen and oxygen atoms in total. The van der Waals surface area contributed by atoms with Crippen molar-refractivity contribution in [2.75, 3.05) is 0 Å². The van der Waals surface area contributed by atoms with Gasteiger partial charge in [0.15, 0.2) is 0 Å². The molecule has 0 aliphatic rings. The summed E-state index contributed by atoms with van der Waals surface area (Å²) >= 11 is 3.51. The maximum atomic E-state index is 4.44. The summed E-state index contributed by atoms with van der Waals surface area (Å²) in [5, 5.41) is 8.01. The second-order valence-corrected chi connectivity index (χ2v) is 5.85. The van der Waals surface area contributed by atoms with Crippen molar-refractivity contribution in [3.63, 3.8) is 0 Å². The molecule has 102 valence electrons. The van der Waals surface area contributed by atoms with E-state index in [1.165, 1.54) is 16.8 Å². The van der Waals surface area contributed by atoms with E-state index in [-0.39, 0.29) is 0 Å². The van der Waals surface area contributed by atoms with Gasteiger partial charge in [0.2, 0.25) is 0 Å². The van der Waals surface area contributed by atoms with Gasteiger partial charge in [-0.1, -0.05) is 28.1 Å². The Morgan fingerprint density at radius 3 is 2.68 bits per heavy atom. The topological polar surface area (TPSA) is 29.9 Å². The molecule has 0 amide bonds. The maximum Gasteiger partial charge on any atom is 0.0641 e. The summed E-state index contributed by atoms with van der Waals surface area (Å²) in [7, 11) is 1.99. The predicted octanol–water partition coefficient (Wildman–Crippen LogP) is 3.65. The number of rotatable bonds is 4. The molecule has 0 fully saturated rings. The number of aromatic nitrogens is 2. The Morgan fingerprint density at radius 1 is 1.37 bits per heavy atom. The summed E-state index contributed by atoms with van der Waals surface area (Å²) in [4.78, 5) is 0. The molecule has 0 aliphatic heterocycles. The summed E-state index contributed by atoms with van der Waals surface area (Å²) in [5.41, 5.74) is 4.92. The molecule has 1 heterocycles. The van der Waals surface area contributed by atoms with Crippen LogP contribution < -0.4 is 5.32 Å². The summed E-state index contributed by atoms with van der Waals surface area (Å²) in [6.07, 6.45) is 0. The first-order valence-corrected chi connectivity index (χ1v) is 7.26. The molecule has 1 aromatic carbocycles. The number of hydrogen-bond acceptors (Lipinski definition) is 2. The van der Waals surface area contributed by atoms with Crippen LogP contribution in [-0.2, 0) is 13.6 Å². The lowest BCUT2D eigenvalue weighted by Gasteiger charge is -2.15. The molecule has 4 heteroatoms. The van der Waals surface area contributed by atoms with Crippen molar-refractivity contribution in [3.8, 4) is 0 Å². The van der Waals surface area contributed by atoms with Crippen LogP contribution in [0.5, 0.6) is 0 Å². The first kappa shape index (κ1) is 14.3. The lowest BCUT2D eigenvalue weighted by atomic mass is 10.1. The van der Waals surface area contributed by atoms with Crippen LogP contribution in [0.1, 0.15) is 35.5 Å². The van der Waals surface area contributed by atoms with Crippen molar-refractivity contribution in [3.05, 3.63) is 51.3 Å². The summed E-state index contributed by atoms with van der Waals surface area (Å²) in [5.74, 6) is 0. The highest BCUT2D eigenvalue weighted by Gasteiger charge is 2.11. The normalized spacial score (nSPS) is 12.7. The zero-order chi connectivity index (χ0) is 14.0. The lowest BCUT2D eigenvalue weighted by molar-refractivity contribution is 0.571. The molecular weight excluding hydrogens is 302 g/mol. The van der Waals surface area contributed by atoms with E-state index in [0.29, 0.717) is 6.04 Å². The first-order valence-electron chi connectivity index (χ1n) is 6.47. The van der Waals surface area contributed by atoms with E-state index in [4.69, 9.17) is 0 Å². The second-order valence-electron chi connectivity index (χ2n) is 4.93. The molecule has 19 heavy (non-hydrogen) atoms. The van der Waals surface area contributed by atoms with Gasteiger partial charge >= 0.3 is 0 Å². The Bertz CT molecular complexity index is 575. The highest BCUT2D eigenvalue weighted by atomic mass is 79.9. The molecule has 1 aromatic heterocycles. The highest BCUT2D eigenvalue weighted by molar-refractivity contribution is 9.10. The SMILES string of the molecule is Cc1nn(C)c(C)c1CN[C@H](C)c1cccc(Br)c1. The monoisotopic (exact) mass is 321 g/mol. The van der Waals surface area contributed by atoms with Crippen LogP contribution in [0.15, 0.2) is 28.7 Å². The van der Waals surface area contributed by atoms with Gasteiger partial charge in [-0.25, -0.2) is 0 Å². The molecule has 0 aliphatic carbocycles. The zero-order valence-corrected chi connectivity index (χ0v) is 13.5. The van der Waals surface area contributed by atoms with Crippen molar-refractivity contribution in [2.24, 2.45) is 7.05 Å².